The van der Waals surface area contributed by atoms with Crippen LogP contribution in [0.25, 0.3) is 0 Å². The quantitative estimate of drug-likeness (QED) is 0.567. The van der Waals surface area contributed by atoms with Crippen molar-refractivity contribution in [3.8, 4) is 11.5 Å². The summed E-state index contributed by atoms with van der Waals surface area (Å²) in [4.78, 5) is 11.2. The van der Waals surface area contributed by atoms with Gasteiger partial charge in [0.1, 0.15) is 0 Å². The van der Waals surface area contributed by atoms with Gasteiger partial charge in [-0.25, -0.2) is 0 Å². The van der Waals surface area contributed by atoms with Crippen molar-refractivity contribution >= 4 is 5.97 Å². The zero-order chi connectivity index (χ0) is 12.0. The van der Waals surface area contributed by atoms with Crippen molar-refractivity contribution in [1.29, 1.82) is 0 Å². The Bertz CT molecular complexity index is 358. The number of hydrogen-bond acceptors (Lipinski definition) is 3. The van der Waals surface area contributed by atoms with Gasteiger partial charge in [0.15, 0.2) is 11.5 Å². The number of ether oxygens (including phenoxy) is 2. The molecule has 0 heterocycles. The minimum atomic E-state index is -0.249. The first kappa shape index (κ1) is 12.6. The lowest BCUT2D eigenvalue weighted by molar-refractivity contribution is -0.134. The maximum Gasteiger partial charge on any atom is 0.311 e. The molecule has 0 aliphatic heterocycles. The van der Waals surface area contributed by atoms with Crippen LogP contribution in [-0.4, -0.2) is 13.1 Å². The number of aryl methyl sites for hydroxylation is 1. The topological polar surface area (TPSA) is 35.5 Å². The maximum absolute atomic E-state index is 11.2. The summed E-state index contributed by atoms with van der Waals surface area (Å²) in [5.41, 5.74) is 1.19. The van der Waals surface area contributed by atoms with Crippen LogP contribution < -0.4 is 9.47 Å². The molecule has 0 unspecified atom stereocenters. The SMILES string of the molecule is CCCc1ccc(OC(=O)CC)c(OC)c1. The largest absolute Gasteiger partial charge is 0.493 e. The van der Waals surface area contributed by atoms with Crippen LogP contribution in [0.5, 0.6) is 11.5 Å². The van der Waals surface area contributed by atoms with E-state index in [-0.39, 0.29) is 5.97 Å². The van der Waals surface area contributed by atoms with Gasteiger partial charge in [-0.2, -0.15) is 0 Å². The summed E-state index contributed by atoms with van der Waals surface area (Å²) in [6.45, 7) is 3.89. The molecule has 0 atom stereocenters. The Labute approximate surface area is 96.4 Å². The maximum atomic E-state index is 11.2. The van der Waals surface area contributed by atoms with E-state index in [9.17, 15) is 4.79 Å². The summed E-state index contributed by atoms with van der Waals surface area (Å²) in [5, 5.41) is 0. The van der Waals surface area contributed by atoms with Crippen molar-refractivity contribution in [2.24, 2.45) is 0 Å². The fraction of sp³-hybridized carbons (Fsp3) is 0.462. The van der Waals surface area contributed by atoms with Crippen molar-refractivity contribution in [1.82, 2.24) is 0 Å². The smallest absolute Gasteiger partial charge is 0.311 e. The van der Waals surface area contributed by atoms with E-state index in [2.05, 4.69) is 6.92 Å². The predicted octanol–water partition coefficient (Wildman–Crippen LogP) is 2.96. The van der Waals surface area contributed by atoms with Gasteiger partial charge in [0.05, 0.1) is 7.11 Å². The third kappa shape index (κ3) is 3.26. The highest BCUT2D eigenvalue weighted by atomic mass is 16.6. The van der Waals surface area contributed by atoms with Gasteiger partial charge in [-0.1, -0.05) is 26.3 Å². The molecule has 0 saturated carbocycles. The van der Waals surface area contributed by atoms with Crippen LogP contribution in [0.2, 0.25) is 0 Å². The zero-order valence-electron chi connectivity index (χ0n) is 10.1. The standard InChI is InChI=1S/C13H18O3/c1-4-6-10-7-8-11(12(9-10)15-3)16-13(14)5-2/h7-9H,4-6H2,1-3H3. The molecule has 0 amide bonds. The van der Waals surface area contributed by atoms with Crippen molar-refractivity contribution < 1.29 is 14.3 Å². The number of rotatable bonds is 5. The second-order valence-corrected chi connectivity index (χ2v) is 3.56. The van der Waals surface area contributed by atoms with E-state index in [1.807, 2.05) is 12.1 Å². The third-order valence-corrected chi connectivity index (χ3v) is 2.28. The molecule has 0 aliphatic carbocycles. The number of hydrogen-bond donors (Lipinski definition) is 0. The molecule has 88 valence electrons. The summed E-state index contributed by atoms with van der Waals surface area (Å²) in [5.74, 6) is 0.864. The lowest BCUT2D eigenvalue weighted by Gasteiger charge is -2.10. The van der Waals surface area contributed by atoms with E-state index in [4.69, 9.17) is 9.47 Å². The molecular weight excluding hydrogens is 204 g/mol. The lowest BCUT2D eigenvalue weighted by atomic mass is 10.1. The monoisotopic (exact) mass is 222 g/mol. The highest BCUT2D eigenvalue weighted by Crippen LogP contribution is 2.28. The van der Waals surface area contributed by atoms with Crippen LogP contribution in [-0.2, 0) is 11.2 Å². The molecular formula is C13H18O3. The molecule has 0 aromatic heterocycles. The number of methoxy groups -OCH3 is 1. The average Bonchev–Trinajstić information content (AvgIpc) is 2.31. The first-order chi connectivity index (χ1) is 7.71. The Morgan fingerprint density at radius 2 is 2.00 bits per heavy atom. The number of benzene rings is 1. The molecule has 1 aromatic carbocycles. The fourth-order valence-corrected chi connectivity index (χ4v) is 1.44. The van der Waals surface area contributed by atoms with Gasteiger partial charge in [0.2, 0.25) is 0 Å². The van der Waals surface area contributed by atoms with Crippen LogP contribution in [0.3, 0.4) is 0 Å². The van der Waals surface area contributed by atoms with Gasteiger partial charge in [-0.05, 0) is 24.1 Å². The highest BCUT2D eigenvalue weighted by molar-refractivity contribution is 5.72. The number of carbonyl (C=O) groups excluding carboxylic acids is 1. The second kappa shape index (κ2) is 6.16. The van der Waals surface area contributed by atoms with E-state index in [0.717, 1.165) is 12.8 Å². The molecule has 0 bridgehead atoms. The van der Waals surface area contributed by atoms with E-state index in [1.54, 1.807) is 20.1 Å². The predicted molar refractivity (Wildman–Crippen MR) is 62.9 cm³/mol. The van der Waals surface area contributed by atoms with Gasteiger partial charge in [-0.3, -0.25) is 4.79 Å². The van der Waals surface area contributed by atoms with E-state index >= 15 is 0 Å². The Balaban J connectivity index is 2.88. The molecule has 0 saturated heterocycles. The van der Waals surface area contributed by atoms with E-state index in [0.29, 0.717) is 17.9 Å². The van der Waals surface area contributed by atoms with Gasteiger partial charge >= 0.3 is 5.97 Å². The van der Waals surface area contributed by atoms with Crippen molar-refractivity contribution in [3.05, 3.63) is 23.8 Å². The van der Waals surface area contributed by atoms with Gasteiger partial charge in [0.25, 0.3) is 0 Å². The molecule has 3 heteroatoms. The van der Waals surface area contributed by atoms with E-state index < -0.39 is 0 Å². The first-order valence-corrected chi connectivity index (χ1v) is 5.58. The molecule has 0 aliphatic rings. The Morgan fingerprint density at radius 3 is 2.56 bits per heavy atom. The van der Waals surface area contributed by atoms with Crippen LogP contribution in [0.15, 0.2) is 18.2 Å². The van der Waals surface area contributed by atoms with Gasteiger partial charge in [-0.15, -0.1) is 0 Å². The first-order valence-electron chi connectivity index (χ1n) is 5.58. The van der Waals surface area contributed by atoms with Crippen molar-refractivity contribution in [2.75, 3.05) is 7.11 Å². The summed E-state index contributed by atoms with van der Waals surface area (Å²) >= 11 is 0. The number of carbonyl (C=O) groups is 1. The molecule has 16 heavy (non-hydrogen) atoms. The lowest BCUT2D eigenvalue weighted by Crippen LogP contribution is -2.06. The van der Waals surface area contributed by atoms with Crippen LogP contribution >= 0.6 is 0 Å². The van der Waals surface area contributed by atoms with E-state index in [1.165, 1.54) is 5.56 Å². The Morgan fingerprint density at radius 1 is 1.25 bits per heavy atom. The second-order valence-electron chi connectivity index (χ2n) is 3.56. The van der Waals surface area contributed by atoms with Crippen molar-refractivity contribution in [3.63, 3.8) is 0 Å². The average molecular weight is 222 g/mol. The van der Waals surface area contributed by atoms with Crippen molar-refractivity contribution in [2.45, 2.75) is 33.1 Å². The summed E-state index contributed by atoms with van der Waals surface area (Å²) in [6.07, 6.45) is 2.44. The number of esters is 1. The summed E-state index contributed by atoms with van der Waals surface area (Å²) < 4.78 is 10.4. The normalized spacial score (nSPS) is 9.94. The minimum absolute atomic E-state index is 0.249. The Hall–Kier alpha value is -1.51. The van der Waals surface area contributed by atoms with Crippen LogP contribution in [0.1, 0.15) is 32.3 Å². The zero-order valence-corrected chi connectivity index (χ0v) is 10.1. The van der Waals surface area contributed by atoms with Crippen LogP contribution in [0.4, 0.5) is 0 Å². The highest BCUT2D eigenvalue weighted by Gasteiger charge is 2.08. The molecule has 0 spiro atoms. The third-order valence-electron chi connectivity index (χ3n) is 2.28. The Kier molecular flexibility index (Phi) is 4.83. The molecule has 0 N–H and O–H groups in total. The summed E-state index contributed by atoms with van der Waals surface area (Å²) in [7, 11) is 1.58. The van der Waals surface area contributed by atoms with Gasteiger partial charge in [0, 0.05) is 6.42 Å². The van der Waals surface area contributed by atoms with Gasteiger partial charge < -0.3 is 9.47 Å². The molecule has 3 nitrogen and oxygen atoms in total. The fourth-order valence-electron chi connectivity index (χ4n) is 1.44. The minimum Gasteiger partial charge on any atom is -0.493 e. The summed E-state index contributed by atoms with van der Waals surface area (Å²) in [6, 6.07) is 5.67. The molecule has 1 aromatic rings. The molecule has 0 fully saturated rings. The molecule has 0 radical (unpaired) electrons. The van der Waals surface area contributed by atoms with Crippen LogP contribution in [0, 0.1) is 0 Å². The molecule has 1 rings (SSSR count).